The minimum absolute atomic E-state index is 0.0872. The van der Waals surface area contributed by atoms with E-state index < -0.39 is 29.5 Å². The van der Waals surface area contributed by atoms with Crippen molar-refractivity contribution < 1.29 is 28.7 Å². The zero-order valence-electron chi connectivity index (χ0n) is 37.1. The number of ether oxygens (including phenoxy) is 2. The van der Waals surface area contributed by atoms with Crippen LogP contribution in [0.15, 0.2) is 78.5 Å². The molecule has 0 aliphatic carbocycles. The summed E-state index contributed by atoms with van der Waals surface area (Å²) < 4.78 is 11.9. The van der Waals surface area contributed by atoms with Gasteiger partial charge in [-0.3, -0.25) is 24.6 Å². The van der Waals surface area contributed by atoms with Crippen LogP contribution in [0.4, 0.5) is 11.4 Å². The first-order valence-electron chi connectivity index (χ1n) is 21.3. The molecule has 2 fully saturated rings. The Morgan fingerprint density at radius 1 is 0.968 bits per heavy atom. The van der Waals surface area contributed by atoms with Gasteiger partial charge in [0.25, 0.3) is 5.91 Å². The second-order valence-corrected chi connectivity index (χ2v) is 18.0. The highest BCUT2D eigenvalue weighted by molar-refractivity contribution is 7.13. The number of hydrogen-bond donors (Lipinski definition) is 5. The molecular formula is C47H59N9O6S. The molecule has 0 bridgehead atoms. The van der Waals surface area contributed by atoms with E-state index in [2.05, 4.69) is 30.8 Å². The van der Waals surface area contributed by atoms with E-state index in [9.17, 15) is 19.2 Å². The summed E-state index contributed by atoms with van der Waals surface area (Å²) in [5, 5.41) is 17.0. The fourth-order valence-corrected chi connectivity index (χ4v) is 8.74. The van der Waals surface area contributed by atoms with Crippen molar-refractivity contribution in [1.82, 2.24) is 25.5 Å². The average Bonchev–Trinajstić information content (AvgIpc) is 3.95. The molecule has 63 heavy (non-hydrogen) atoms. The molecule has 0 spiro atoms. The van der Waals surface area contributed by atoms with Crippen LogP contribution in [-0.4, -0.2) is 95.2 Å². The Balaban J connectivity index is 1.00. The summed E-state index contributed by atoms with van der Waals surface area (Å²) in [6.07, 6.45) is 4.20. The summed E-state index contributed by atoms with van der Waals surface area (Å²) in [4.78, 5) is 68.3. The number of carbonyl (C=O) groups is 4. The summed E-state index contributed by atoms with van der Waals surface area (Å²) in [5.74, 6) is -0.853. The SMILES string of the molecule is COc1cc(N2CCC(O[C@H](C)C(=O)NC(C(=O)N3CCCC3C(=O)NC(C)c3ccc(-c4scnc4C)cc3)C(C)(C)C)CC2)ccc1NC(=O)c1cccc(C(=N)/C=C\N)n1. The summed E-state index contributed by atoms with van der Waals surface area (Å²) >= 11 is 1.59. The minimum Gasteiger partial charge on any atom is -0.494 e. The lowest BCUT2D eigenvalue weighted by Gasteiger charge is -2.37. The maximum atomic E-state index is 14.2. The van der Waals surface area contributed by atoms with Gasteiger partial charge in [-0.25, -0.2) is 9.97 Å². The fraction of sp³-hybridized carbons (Fsp3) is 0.426. The van der Waals surface area contributed by atoms with Gasteiger partial charge >= 0.3 is 0 Å². The molecule has 4 amide bonds. The Kier molecular flexibility index (Phi) is 15.0. The number of amides is 4. The molecule has 4 heterocycles. The molecule has 334 valence electrons. The lowest BCUT2D eigenvalue weighted by atomic mass is 9.85. The number of nitrogens with zero attached hydrogens (tertiary/aromatic N) is 4. The van der Waals surface area contributed by atoms with Crippen molar-refractivity contribution in [3.05, 3.63) is 101 Å². The number of piperidine rings is 1. The van der Waals surface area contributed by atoms with Gasteiger partial charge in [0, 0.05) is 31.4 Å². The minimum atomic E-state index is -0.871. The van der Waals surface area contributed by atoms with Gasteiger partial charge < -0.3 is 41.0 Å². The van der Waals surface area contributed by atoms with E-state index >= 15 is 0 Å². The van der Waals surface area contributed by atoms with E-state index in [0.717, 1.165) is 27.4 Å². The Bertz CT molecular complexity index is 2320. The maximum absolute atomic E-state index is 14.2. The number of rotatable bonds is 15. The first-order chi connectivity index (χ1) is 30.1. The van der Waals surface area contributed by atoms with Gasteiger partial charge in [0.1, 0.15) is 29.6 Å². The predicted octanol–water partition coefficient (Wildman–Crippen LogP) is 6.39. The van der Waals surface area contributed by atoms with Gasteiger partial charge in [-0.15, -0.1) is 11.3 Å². The van der Waals surface area contributed by atoms with E-state index in [-0.39, 0.29) is 41.3 Å². The number of anilines is 2. The van der Waals surface area contributed by atoms with Crippen molar-refractivity contribution in [3.63, 3.8) is 0 Å². The molecule has 2 aliphatic heterocycles. The first-order valence-corrected chi connectivity index (χ1v) is 22.2. The molecule has 3 unspecified atom stereocenters. The zero-order chi connectivity index (χ0) is 45.4. The number of nitrogens with two attached hydrogens (primary N) is 1. The van der Waals surface area contributed by atoms with E-state index in [1.54, 1.807) is 47.4 Å². The standard InChI is InChI=1S/C47H59N9O6S/c1-28(31-13-15-32(16-14-31)41-29(2)50-27-63-41)51-45(59)39-12-9-23-56(39)46(60)42(47(4,5)6)54-43(57)30(3)62-34-20-24-55(25-21-34)33-17-18-37(40(26-33)61-7)53-44(58)38-11-8-10-36(52-38)35(49)19-22-48/h8,10-11,13-19,22,26-28,30,34,39,42,49H,9,12,20-21,23-25,48H2,1-7H3,(H,51,59)(H,53,58)(H,54,57)/b22-19-,49-35?/t28?,30-,39?,42?/m1/s1. The molecule has 15 nitrogen and oxygen atoms in total. The van der Waals surface area contributed by atoms with Crippen molar-refractivity contribution in [2.24, 2.45) is 11.1 Å². The number of nitrogens with one attached hydrogen (secondary N) is 4. The smallest absolute Gasteiger partial charge is 0.274 e. The van der Waals surface area contributed by atoms with Crippen LogP contribution in [0.1, 0.15) is 93.8 Å². The number of aryl methyl sites for hydroxylation is 1. The molecule has 6 rings (SSSR count). The third-order valence-electron chi connectivity index (χ3n) is 11.5. The highest BCUT2D eigenvalue weighted by atomic mass is 32.1. The molecule has 16 heteroatoms. The molecule has 2 aromatic heterocycles. The Labute approximate surface area is 373 Å². The van der Waals surface area contributed by atoms with Crippen LogP contribution in [0.3, 0.4) is 0 Å². The number of carbonyl (C=O) groups excluding carboxylic acids is 4. The van der Waals surface area contributed by atoms with Crippen LogP contribution in [0.2, 0.25) is 0 Å². The van der Waals surface area contributed by atoms with E-state index in [4.69, 9.17) is 20.6 Å². The Morgan fingerprint density at radius 2 is 1.68 bits per heavy atom. The zero-order valence-corrected chi connectivity index (χ0v) is 37.9. The Hall–Kier alpha value is -6.13. The van der Waals surface area contributed by atoms with Crippen molar-refractivity contribution in [1.29, 1.82) is 5.41 Å². The van der Waals surface area contributed by atoms with Gasteiger partial charge in [-0.2, -0.15) is 0 Å². The largest absolute Gasteiger partial charge is 0.494 e. The number of methoxy groups -OCH3 is 1. The van der Waals surface area contributed by atoms with Gasteiger partial charge in [0.05, 0.1) is 52.4 Å². The van der Waals surface area contributed by atoms with E-state index in [0.29, 0.717) is 62.4 Å². The number of benzene rings is 2. The van der Waals surface area contributed by atoms with Gasteiger partial charge in [0.2, 0.25) is 17.7 Å². The van der Waals surface area contributed by atoms with Crippen LogP contribution in [0, 0.1) is 17.7 Å². The van der Waals surface area contributed by atoms with Crippen LogP contribution < -0.4 is 31.3 Å². The number of aromatic nitrogens is 2. The van der Waals surface area contributed by atoms with Crippen molar-refractivity contribution in [3.8, 4) is 16.2 Å². The van der Waals surface area contributed by atoms with Crippen molar-refractivity contribution in [2.75, 3.05) is 37.0 Å². The van der Waals surface area contributed by atoms with Gasteiger partial charge in [0.15, 0.2) is 0 Å². The molecule has 2 aromatic carbocycles. The summed E-state index contributed by atoms with van der Waals surface area (Å²) in [6.45, 7) is 13.1. The number of pyridine rings is 1. The summed E-state index contributed by atoms with van der Waals surface area (Å²) in [7, 11) is 1.53. The molecule has 6 N–H and O–H groups in total. The first kappa shape index (κ1) is 46.4. The van der Waals surface area contributed by atoms with Gasteiger partial charge in [-0.1, -0.05) is 51.1 Å². The van der Waals surface area contributed by atoms with Crippen molar-refractivity contribution in [2.45, 2.75) is 97.6 Å². The van der Waals surface area contributed by atoms with Crippen LogP contribution in [0.5, 0.6) is 5.75 Å². The third kappa shape index (κ3) is 11.3. The topological polar surface area (TPSA) is 205 Å². The number of hydrogen-bond acceptors (Lipinski definition) is 12. The van der Waals surface area contributed by atoms with E-state index in [1.165, 1.54) is 19.4 Å². The number of allylic oxidation sites excluding steroid dienone is 1. The quantitative estimate of drug-likeness (QED) is 0.0833. The highest BCUT2D eigenvalue weighted by Gasteiger charge is 2.42. The monoisotopic (exact) mass is 877 g/mol. The molecule has 4 atom stereocenters. The number of thiazole rings is 1. The summed E-state index contributed by atoms with van der Waals surface area (Å²) in [5.41, 5.74) is 11.5. The second-order valence-electron chi connectivity index (χ2n) is 17.1. The predicted molar refractivity (Wildman–Crippen MR) is 246 cm³/mol. The van der Waals surface area contributed by atoms with Crippen LogP contribution in [-0.2, 0) is 19.1 Å². The van der Waals surface area contributed by atoms with Crippen LogP contribution >= 0.6 is 11.3 Å². The fourth-order valence-electron chi connectivity index (χ4n) is 7.93. The third-order valence-corrected chi connectivity index (χ3v) is 12.5. The summed E-state index contributed by atoms with van der Waals surface area (Å²) in [6, 6.07) is 16.7. The molecule has 4 aromatic rings. The average molecular weight is 878 g/mol. The lowest BCUT2D eigenvalue weighted by Crippen LogP contribution is -2.59. The lowest BCUT2D eigenvalue weighted by molar-refractivity contribution is -0.147. The van der Waals surface area contributed by atoms with E-state index in [1.807, 2.05) is 76.5 Å². The highest BCUT2D eigenvalue weighted by Crippen LogP contribution is 2.33. The Morgan fingerprint density at radius 3 is 2.33 bits per heavy atom. The molecule has 2 saturated heterocycles. The molecule has 2 aliphatic rings. The van der Waals surface area contributed by atoms with Gasteiger partial charge in [-0.05, 0) is 99.5 Å². The molecule has 0 radical (unpaired) electrons. The normalized spacial score (nSPS) is 17.2. The molecular weight excluding hydrogens is 819 g/mol. The van der Waals surface area contributed by atoms with Crippen LogP contribution in [0.25, 0.3) is 10.4 Å². The second kappa shape index (κ2) is 20.4. The van der Waals surface area contributed by atoms with Crippen molar-refractivity contribution >= 4 is 52.1 Å². The molecule has 0 saturated carbocycles. The maximum Gasteiger partial charge on any atom is 0.274 e. The number of likely N-dealkylation sites (tertiary alicyclic amines) is 1.